The monoisotopic (exact) mass is 189 g/mol. The van der Waals surface area contributed by atoms with Crippen molar-refractivity contribution in [2.75, 3.05) is 13.1 Å². The molecule has 0 atom stereocenters. The Kier molecular flexibility index (Phi) is 2.30. The molecule has 0 amide bonds. The van der Waals surface area contributed by atoms with E-state index in [2.05, 4.69) is 5.32 Å². The smallest absolute Gasteiger partial charge is 0.256 e. The van der Waals surface area contributed by atoms with Crippen LogP contribution in [0.25, 0.3) is 0 Å². The third-order valence-electron chi connectivity index (χ3n) is 3.67. The molecule has 1 nitrogen and oxygen atoms in total. The first-order valence-corrected chi connectivity index (χ1v) is 5.25. The average Bonchev–Trinajstić information content (AvgIpc) is 2.12. The van der Waals surface area contributed by atoms with Crippen molar-refractivity contribution in [2.24, 2.45) is 5.41 Å². The van der Waals surface area contributed by atoms with Crippen molar-refractivity contribution in [3.63, 3.8) is 0 Å². The van der Waals surface area contributed by atoms with Gasteiger partial charge in [-0.2, -0.15) is 0 Å². The minimum Gasteiger partial charge on any atom is -0.316 e. The van der Waals surface area contributed by atoms with Crippen molar-refractivity contribution < 1.29 is 8.78 Å². The van der Waals surface area contributed by atoms with Gasteiger partial charge in [0.2, 0.25) is 0 Å². The zero-order chi connectivity index (χ0) is 9.36. The first-order chi connectivity index (χ1) is 6.16. The second-order valence-corrected chi connectivity index (χ2v) is 4.47. The average molecular weight is 189 g/mol. The molecule has 76 valence electrons. The Bertz CT molecular complexity index is 177. The van der Waals surface area contributed by atoms with E-state index >= 15 is 0 Å². The van der Waals surface area contributed by atoms with Crippen molar-refractivity contribution >= 4 is 0 Å². The van der Waals surface area contributed by atoms with Crippen molar-refractivity contribution in [3.05, 3.63) is 0 Å². The zero-order valence-corrected chi connectivity index (χ0v) is 7.91. The van der Waals surface area contributed by atoms with E-state index in [-0.39, 0.29) is 6.42 Å². The largest absolute Gasteiger partial charge is 0.316 e. The van der Waals surface area contributed by atoms with Crippen LogP contribution in [-0.4, -0.2) is 19.0 Å². The predicted octanol–water partition coefficient (Wildman–Crippen LogP) is 2.57. The molecule has 0 aromatic heterocycles. The summed E-state index contributed by atoms with van der Waals surface area (Å²) in [7, 11) is 0. The number of nitrogens with one attached hydrogen (secondary N) is 1. The summed E-state index contributed by atoms with van der Waals surface area (Å²) in [5.41, 5.74) is -0.691. The maximum absolute atomic E-state index is 13.7. The molecule has 1 aliphatic heterocycles. The number of hydrogen-bond acceptors (Lipinski definition) is 1. The van der Waals surface area contributed by atoms with E-state index in [0.29, 0.717) is 25.9 Å². The van der Waals surface area contributed by atoms with E-state index in [1.54, 1.807) is 0 Å². The molecule has 1 saturated heterocycles. The highest BCUT2D eigenvalue weighted by atomic mass is 19.3. The van der Waals surface area contributed by atoms with Gasteiger partial charge in [0, 0.05) is 24.9 Å². The number of alkyl halides is 2. The molecule has 1 heterocycles. The summed E-state index contributed by atoms with van der Waals surface area (Å²) in [6, 6.07) is 0. The Morgan fingerprint density at radius 2 is 1.62 bits per heavy atom. The zero-order valence-electron chi connectivity index (χ0n) is 7.91. The molecular weight excluding hydrogens is 172 g/mol. The highest BCUT2D eigenvalue weighted by molar-refractivity contribution is 4.99. The van der Waals surface area contributed by atoms with E-state index in [4.69, 9.17) is 0 Å². The summed E-state index contributed by atoms with van der Waals surface area (Å²) in [5.74, 6) is -2.42. The van der Waals surface area contributed by atoms with Gasteiger partial charge in [0.25, 0.3) is 5.92 Å². The first-order valence-electron chi connectivity index (χ1n) is 5.25. The molecule has 0 radical (unpaired) electrons. The predicted molar refractivity (Wildman–Crippen MR) is 48.0 cm³/mol. The van der Waals surface area contributed by atoms with Crippen molar-refractivity contribution in [1.82, 2.24) is 5.32 Å². The molecular formula is C10H17F2N. The molecule has 3 heteroatoms. The van der Waals surface area contributed by atoms with Crippen LogP contribution in [0.15, 0.2) is 0 Å². The molecule has 0 bridgehead atoms. The lowest BCUT2D eigenvalue weighted by atomic mass is 9.67. The molecule has 0 aromatic carbocycles. The summed E-state index contributed by atoms with van der Waals surface area (Å²) in [6.07, 6.45) is 4.57. The van der Waals surface area contributed by atoms with Gasteiger partial charge < -0.3 is 5.32 Å². The minimum atomic E-state index is -2.42. The van der Waals surface area contributed by atoms with Crippen LogP contribution in [0.1, 0.15) is 38.5 Å². The fraction of sp³-hybridized carbons (Fsp3) is 1.00. The lowest BCUT2D eigenvalue weighted by Gasteiger charge is -2.46. The normalized spacial score (nSPS) is 31.8. The molecule has 1 N–H and O–H groups in total. The number of piperidine rings is 1. The van der Waals surface area contributed by atoms with E-state index in [1.807, 2.05) is 0 Å². The minimum absolute atomic E-state index is 0.0347. The van der Waals surface area contributed by atoms with Gasteiger partial charge in [0.05, 0.1) is 0 Å². The maximum Gasteiger partial charge on any atom is 0.256 e. The van der Waals surface area contributed by atoms with E-state index in [9.17, 15) is 8.78 Å². The van der Waals surface area contributed by atoms with Crippen LogP contribution in [0, 0.1) is 5.41 Å². The molecule has 1 saturated carbocycles. The maximum atomic E-state index is 13.7. The van der Waals surface area contributed by atoms with Crippen LogP contribution in [0.2, 0.25) is 0 Å². The van der Waals surface area contributed by atoms with Gasteiger partial charge in [0.1, 0.15) is 0 Å². The Morgan fingerprint density at radius 3 is 2.23 bits per heavy atom. The van der Waals surface area contributed by atoms with Crippen LogP contribution < -0.4 is 5.32 Å². The lowest BCUT2D eigenvalue weighted by molar-refractivity contribution is -0.156. The fourth-order valence-electron chi connectivity index (χ4n) is 2.74. The third-order valence-corrected chi connectivity index (χ3v) is 3.67. The number of halogens is 2. The molecule has 2 fully saturated rings. The van der Waals surface area contributed by atoms with Gasteiger partial charge in [-0.05, 0) is 12.8 Å². The summed E-state index contributed by atoms with van der Waals surface area (Å²) < 4.78 is 27.4. The van der Waals surface area contributed by atoms with Gasteiger partial charge in [-0.25, -0.2) is 8.78 Å². The second-order valence-electron chi connectivity index (χ2n) is 4.47. The van der Waals surface area contributed by atoms with Crippen LogP contribution >= 0.6 is 0 Å². The molecule has 1 spiro atoms. The van der Waals surface area contributed by atoms with Crippen molar-refractivity contribution in [1.29, 1.82) is 0 Å². The van der Waals surface area contributed by atoms with Crippen LogP contribution in [0.5, 0.6) is 0 Å². The number of rotatable bonds is 0. The first kappa shape index (κ1) is 9.38. The van der Waals surface area contributed by atoms with Gasteiger partial charge in [0.15, 0.2) is 0 Å². The molecule has 0 aromatic rings. The molecule has 1 aliphatic carbocycles. The van der Waals surface area contributed by atoms with Crippen molar-refractivity contribution in [3.8, 4) is 0 Å². The molecule has 2 rings (SSSR count). The Hall–Kier alpha value is -0.180. The second kappa shape index (κ2) is 3.19. The highest BCUT2D eigenvalue weighted by Crippen LogP contribution is 2.50. The van der Waals surface area contributed by atoms with Gasteiger partial charge in [-0.15, -0.1) is 0 Å². The molecule has 2 aliphatic rings. The summed E-state index contributed by atoms with van der Waals surface area (Å²) in [6.45, 7) is 1.01. The van der Waals surface area contributed by atoms with Crippen LogP contribution in [0.4, 0.5) is 8.78 Å². The van der Waals surface area contributed by atoms with Gasteiger partial charge >= 0.3 is 0 Å². The van der Waals surface area contributed by atoms with Crippen molar-refractivity contribution in [2.45, 2.75) is 44.4 Å². The van der Waals surface area contributed by atoms with E-state index in [1.165, 1.54) is 0 Å². The molecule has 0 unspecified atom stereocenters. The number of hydrogen-bond donors (Lipinski definition) is 1. The SMILES string of the molecule is FC1(F)CCNCC12CCCCC2. The molecule has 13 heavy (non-hydrogen) atoms. The Balaban J connectivity index is 2.16. The van der Waals surface area contributed by atoms with E-state index in [0.717, 1.165) is 19.3 Å². The van der Waals surface area contributed by atoms with Crippen LogP contribution in [-0.2, 0) is 0 Å². The van der Waals surface area contributed by atoms with Gasteiger partial charge in [-0.1, -0.05) is 19.3 Å². The van der Waals surface area contributed by atoms with Gasteiger partial charge in [-0.3, -0.25) is 0 Å². The standard InChI is InChI=1S/C10H17F2N/c11-10(12)6-7-13-8-9(10)4-2-1-3-5-9/h13H,1-8H2. The summed E-state index contributed by atoms with van der Waals surface area (Å²) >= 11 is 0. The van der Waals surface area contributed by atoms with E-state index < -0.39 is 11.3 Å². The third kappa shape index (κ3) is 1.47. The highest BCUT2D eigenvalue weighted by Gasteiger charge is 2.54. The van der Waals surface area contributed by atoms with Crippen LogP contribution in [0.3, 0.4) is 0 Å². The quantitative estimate of drug-likeness (QED) is 0.617. The Morgan fingerprint density at radius 1 is 0.923 bits per heavy atom. The topological polar surface area (TPSA) is 12.0 Å². The lowest BCUT2D eigenvalue weighted by Crippen LogP contribution is -2.55. The summed E-state index contributed by atoms with van der Waals surface area (Å²) in [5, 5.41) is 3.12. The Labute approximate surface area is 77.9 Å². The fourth-order valence-corrected chi connectivity index (χ4v) is 2.74. The summed E-state index contributed by atoms with van der Waals surface area (Å²) in [4.78, 5) is 0.